The van der Waals surface area contributed by atoms with Gasteiger partial charge >= 0.3 is 6.09 Å². The maximum Gasteiger partial charge on any atom is 0.431 e. The van der Waals surface area contributed by atoms with Gasteiger partial charge in [0.15, 0.2) is 6.73 Å². The van der Waals surface area contributed by atoms with E-state index in [9.17, 15) is 4.79 Å². The van der Waals surface area contributed by atoms with Crippen LogP contribution in [-0.4, -0.2) is 17.8 Å². The summed E-state index contributed by atoms with van der Waals surface area (Å²) in [7, 11) is 0. The van der Waals surface area contributed by atoms with E-state index < -0.39 is 6.09 Å². The van der Waals surface area contributed by atoms with Gasteiger partial charge in [-0.1, -0.05) is 39.0 Å². The smallest absolute Gasteiger partial charge is 0.431 e. The number of amides is 1. The minimum atomic E-state index is -0.541. The fourth-order valence-corrected chi connectivity index (χ4v) is 1.57. The van der Waals surface area contributed by atoms with Crippen molar-refractivity contribution in [3.05, 3.63) is 42.3 Å². The predicted molar refractivity (Wildman–Crippen MR) is 70.9 cm³/mol. The normalized spacial score (nSPS) is 14.7. The van der Waals surface area contributed by atoms with E-state index in [2.05, 4.69) is 5.43 Å². The van der Waals surface area contributed by atoms with Crippen molar-refractivity contribution in [3.8, 4) is 5.75 Å². The van der Waals surface area contributed by atoms with E-state index in [0.29, 0.717) is 5.75 Å². The van der Waals surface area contributed by atoms with Crippen molar-refractivity contribution in [2.75, 3.05) is 6.73 Å². The van der Waals surface area contributed by atoms with Crippen molar-refractivity contribution >= 4 is 6.09 Å². The molecule has 5 nitrogen and oxygen atoms in total. The number of para-hydroxylation sites is 1. The minimum absolute atomic E-state index is 0.0836. The number of hydrogen-bond donors (Lipinski definition) is 1. The largest absolute Gasteiger partial charge is 0.474 e. The highest BCUT2D eigenvalue weighted by Crippen LogP contribution is 2.29. The second-order valence-electron chi connectivity index (χ2n) is 5.30. The van der Waals surface area contributed by atoms with Gasteiger partial charge in [0.2, 0.25) is 0 Å². The molecule has 0 unspecified atom stereocenters. The lowest BCUT2D eigenvalue weighted by molar-refractivity contribution is 0.0921. The molecular weight excluding hydrogens is 244 g/mol. The van der Waals surface area contributed by atoms with Gasteiger partial charge in [-0.15, -0.1) is 0 Å². The molecular formula is C14H18N2O3. The maximum absolute atomic E-state index is 11.7. The SMILES string of the molecule is CC(C)(C)C1=CN(NC(=O)Oc2ccccc2)CO1. The number of hydrogen-bond acceptors (Lipinski definition) is 4. The van der Waals surface area contributed by atoms with Crippen molar-refractivity contribution in [1.82, 2.24) is 10.4 Å². The van der Waals surface area contributed by atoms with Crippen LogP contribution in [0.4, 0.5) is 4.79 Å². The third-order valence-electron chi connectivity index (χ3n) is 2.56. The van der Waals surface area contributed by atoms with Crippen molar-refractivity contribution in [2.45, 2.75) is 20.8 Å². The zero-order chi connectivity index (χ0) is 13.9. The number of ether oxygens (including phenoxy) is 2. The van der Waals surface area contributed by atoms with E-state index in [1.165, 1.54) is 0 Å². The lowest BCUT2D eigenvalue weighted by Gasteiger charge is -2.17. The molecule has 0 aromatic heterocycles. The van der Waals surface area contributed by atoms with Gasteiger partial charge < -0.3 is 9.47 Å². The number of carbonyl (C=O) groups excluding carboxylic acids is 1. The molecule has 1 N–H and O–H groups in total. The lowest BCUT2D eigenvalue weighted by atomic mass is 9.95. The van der Waals surface area contributed by atoms with Gasteiger partial charge in [0, 0.05) is 5.41 Å². The number of hydrazine groups is 1. The summed E-state index contributed by atoms with van der Waals surface area (Å²) in [5, 5.41) is 1.56. The van der Waals surface area contributed by atoms with Crippen LogP contribution in [0.1, 0.15) is 20.8 Å². The van der Waals surface area contributed by atoms with Gasteiger partial charge in [0.05, 0.1) is 6.20 Å². The summed E-state index contributed by atoms with van der Waals surface area (Å²) in [4.78, 5) is 11.7. The first-order valence-corrected chi connectivity index (χ1v) is 6.10. The van der Waals surface area contributed by atoms with E-state index in [4.69, 9.17) is 9.47 Å². The van der Waals surface area contributed by atoms with Crippen LogP contribution < -0.4 is 10.2 Å². The van der Waals surface area contributed by atoms with Crippen LogP contribution >= 0.6 is 0 Å². The lowest BCUT2D eigenvalue weighted by Crippen LogP contribution is -2.39. The third kappa shape index (κ3) is 3.64. The fourth-order valence-electron chi connectivity index (χ4n) is 1.57. The number of carbonyl (C=O) groups is 1. The van der Waals surface area contributed by atoms with Gasteiger partial charge in [-0.05, 0) is 12.1 Å². The van der Waals surface area contributed by atoms with E-state index in [1.54, 1.807) is 35.5 Å². The molecule has 1 amide bonds. The molecule has 0 bridgehead atoms. The highest BCUT2D eigenvalue weighted by atomic mass is 16.6. The highest BCUT2D eigenvalue weighted by molar-refractivity contribution is 5.69. The second kappa shape index (κ2) is 5.22. The van der Waals surface area contributed by atoms with Crippen molar-refractivity contribution < 1.29 is 14.3 Å². The number of rotatable bonds is 2. The highest BCUT2D eigenvalue weighted by Gasteiger charge is 2.25. The van der Waals surface area contributed by atoms with Gasteiger partial charge in [0.1, 0.15) is 11.5 Å². The summed E-state index contributed by atoms with van der Waals surface area (Å²) >= 11 is 0. The van der Waals surface area contributed by atoms with Crippen LogP contribution in [0.3, 0.4) is 0 Å². The Bertz CT molecular complexity index is 477. The van der Waals surface area contributed by atoms with E-state index in [1.807, 2.05) is 26.8 Å². The van der Waals surface area contributed by atoms with Crippen LogP contribution in [0.15, 0.2) is 42.3 Å². The Labute approximate surface area is 112 Å². The first-order chi connectivity index (χ1) is 8.95. The molecule has 1 aromatic rings. The Hall–Kier alpha value is -2.17. The summed E-state index contributed by atoms with van der Waals surface area (Å²) < 4.78 is 10.6. The van der Waals surface area contributed by atoms with Gasteiger partial charge in [0.25, 0.3) is 0 Å². The zero-order valence-electron chi connectivity index (χ0n) is 11.3. The van der Waals surface area contributed by atoms with Crippen LogP contribution in [0.5, 0.6) is 5.75 Å². The molecule has 5 heteroatoms. The standard InChI is InChI=1S/C14H18N2O3/c1-14(2,3)12-9-16(10-18-12)15-13(17)19-11-7-5-4-6-8-11/h4-9H,10H2,1-3H3,(H,15,17). The first kappa shape index (κ1) is 13.3. The Morgan fingerprint density at radius 1 is 1.32 bits per heavy atom. The Morgan fingerprint density at radius 2 is 2.00 bits per heavy atom. The van der Waals surface area contributed by atoms with Crippen LogP contribution in [-0.2, 0) is 4.74 Å². The topological polar surface area (TPSA) is 50.8 Å². The molecule has 1 aromatic carbocycles. The number of nitrogens with one attached hydrogen (secondary N) is 1. The van der Waals surface area contributed by atoms with Gasteiger partial charge in [-0.3, -0.25) is 5.01 Å². The summed E-state index contributed by atoms with van der Waals surface area (Å²) in [5.41, 5.74) is 2.52. The molecule has 0 aliphatic carbocycles. The average molecular weight is 262 g/mol. The summed E-state index contributed by atoms with van der Waals surface area (Å²) in [6.07, 6.45) is 1.23. The van der Waals surface area contributed by atoms with Crippen LogP contribution in [0.2, 0.25) is 0 Å². The molecule has 0 fully saturated rings. The van der Waals surface area contributed by atoms with E-state index >= 15 is 0 Å². The summed E-state index contributed by atoms with van der Waals surface area (Å²) in [6, 6.07) is 8.91. The number of benzene rings is 1. The average Bonchev–Trinajstić information content (AvgIpc) is 2.78. The third-order valence-corrected chi connectivity index (χ3v) is 2.56. The molecule has 1 aliphatic rings. The Balaban J connectivity index is 1.89. The minimum Gasteiger partial charge on any atom is -0.474 e. The van der Waals surface area contributed by atoms with Gasteiger partial charge in [-0.25, -0.2) is 10.2 Å². The monoisotopic (exact) mass is 262 g/mol. The van der Waals surface area contributed by atoms with Crippen molar-refractivity contribution in [1.29, 1.82) is 0 Å². The second-order valence-corrected chi connectivity index (χ2v) is 5.30. The molecule has 1 aliphatic heterocycles. The van der Waals surface area contributed by atoms with Gasteiger partial charge in [-0.2, -0.15) is 0 Å². The summed E-state index contributed by atoms with van der Waals surface area (Å²) in [6.45, 7) is 6.43. The predicted octanol–water partition coefficient (Wildman–Crippen LogP) is 2.87. The van der Waals surface area contributed by atoms with Crippen LogP contribution in [0, 0.1) is 5.41 Å². The molecule has 1 heterocycles. The quantitative estimate of drug-likeness (QED) is 0.890. The number of nitrogens with zero attached hydrogens (tertiary/aromatic N) is 1. The Morgan fingerprint density at radius 3 is 2.58 bits per heavy atom. The number of allylic oxidation sites excluding steroid dienone is 1. The molecule has 2 rings (SSSR count). The van der Waals surface area contributed by atoms with Crippen molar-refractivity contribution in [3.63, 3.8) is 0 Å². The van der Waals surface area contributed by atoms with E-state index in [0.717, 1.165) is 5.76 Å². The van der Waals surface area contributed by atoms with Crippen LogP contribution in [0.25, 0.3) is 0 Å². The molecule has 0 saturated carbocycles. The fraction of sp³-hybridized carbons (Fsp3) is 0.357. The van der Waals surface area contributed by atoms with Crippen molar-refractivity contribution in [2.24, 2.45) is 5.41 Å². The molecule has 0 saturated heterocycles. The molecule has 0 radical (unpaired) electrons. The maximum atomic E-state index is 11.7. The van der Waals surface area contributed by atoms with E-state index in [-0.39, 0.29) is 12.1 Å². The molecule has 102 valence electrons. The molecule has 0 spiro atoms. The summed E-state index contributed by atoms with van der Waals surface area (Å²) in [5.74, 6) is 1.33. The molecule has 19 heavy (non-hydrogen) atoms. The Kier molecular flexibility index (Phi) is 3.64. The first-order valence-electron chi connectivity index (χ1n) is 6.10. The zero-order valence-corrected chi connectivity index (χ0v) is 11.3. The molecule has 0 atom stereocenters.